The number of aromatic nitrogens is 2. The van der Waals surface area contributed by atoms with Crippen molar-refractivity contribution in [3.8, 4) is 17.1 Å². The molecule has 0 amide bonds. The van der Waals surface area contributed by atoms with Gasteiger partial charge in [0, 0.05) is 26.2 Å². The van der Waals surface area contributed by atoms with Gasteiger partial charge in [-0.2, -0.15) is 4.98 Å². The Balaban J connectivity index is 2.03. The van der Waals surface area contributed by atoms with Crippen molar-refractivity contribution in [2.45, 2.75) is 38.5 Å². The maximum absolute atomic E-state index is 13.3. The third-order valence-electron chi connectivity index (χ3n) is 5.69. The molecule has 33 heavy (non-hydrogen) atoms. The number of anilines is 1. The predicted octanol–water partition coefficient (Wildman–Crippen LogP) is 2.71. The van der Waals surface area contributed by atoms with E-state index >= 15 is 0 Å². The minimum absolute atomic E-state index is 0.267. The molecule has 10 heteroatoms. The highest BCUT2D eigenvalue weighted by atomic mass is 32.2. The lowest BCUT2D eigenvalue weighted by molar-refractivity contribution is 0.196. The summed E-state index contributed by atoms with van der Waals surface area (Å²) in [5.74, 6) is 0.843. The molecule has 1 aliphatic heterocycles. The highest BCUT2D eigenvalue weighted by Crippen LogP contribution is 2.32. The molecule has 1 aromatic heterocycles. The lowest BCUT2D eigenvalue weighted by atomic mass is 10.1. The van der Waals surface area contributed by atoms with Crippen LogP contribution in [-0.2, 0) is 11.4 Å². The van der Waals surface area contributed by atoms with Gasteiger partial charge in [-0.3, -0.25) is 4.79 Å². The van der Waals surface area contributed by atoms with Gasteiger partial charge in [-0.05, 0) is 32.0 Å². The van der Waals surface area contributed by atoms with Crippen LogP contribution in [0.15, 0.2) is 27.9 Å². The standard InChI is InChI=1S/C23H34N6O3S/c1-5-8-18(24)20-21(25-4)23(30)27-22(26-20)17-15-16(9-10-19(17)32-7-3)33(31)29-13-11-28(6-2)12-14-29/h9-10,15,24-25H,5-8,11-14H2,1-4H3,(H,26,27,30). The molecule has 180 valence electrons. The number of ether oxygens (including phenoxy) is 1. The number of H-pyrrole nitrogens is 1. The van der Waals surface area contributed by atoms with Gasteiger partial charge in [0.1, 0.15) is 17.3 Å². The molecular weight excluding hydrogens is 440 g/mol. The van der Waals surface area contributed by atoms with Crippen LogP contribution in [0, 0.1) is 5.41 Å². The zero-order valence-electron chi connectivity index (χ0n) is 19.9. The molecule has 1 aromatic carbocycles. The number of nitrogens with one attached hydrogen (secondary N) is 3. The van der Waals surface area contributed by atoms with Gasteiger partial charge in [-0.15, -0.1) is 4.31 Å². The second-order valence-corrected chi connectivity index (χ2v) is 9.31. The number of hydrogen-bond acceptors (Lipinski definition) is 8. The van der Waals surface area contributed by atoms with Crippen molar-refractivity contribution in [2.75, 3.05) is 51.7 Å². The van der Waals surface area contributed by atoms with Crippen LogP contribution in [0.4, 0.5) is 5.69 Å². The van der Waals surface area contributed by atoms with Crippen LogP contribution in [0.5, 0.6) is 5.75 Å². The van der Waals surface area contributed by atoms with E-state index in [0.29, 0.717) is 46.5 Å². The monoisotopic (exact) mass is 474 g/mol. The molecule has 1 unspecified atom stereocenters. The van der Waals surface area contributed by atoms with E-state index in [1.165, 1.54) is 0 Å². The number of likely N-dealkylation sites (N-methyl/N-ethyl adjacent to an activating group) is 1. The zero-order valence-corrected chi connectivity index (χ0v) is 20.7. The van der Waals surface area contributed by atoms with Crippen molar-refractivity contribution in [1.29, 1.82) is 5.41 Å². The summed E-state index contributed by atoms with van der Waals surface area (Å²) in [6.45, 7) is 10.7. The van der Waals surface area contributed by atoms with Crippen molar-refractivity contribution < 1.29 is 9.29 Å². The number of piperazine rings is 1. The first-order valence-electron chi connectivity index (χ1n) is 11.5. The van der Waals surface area contributed by atoms with Crippen molar-refractivity contribution in [1.82, 2.24) is 19.2 Å². The number of hydrogen-bond donors (Lipinski definition) is 3. The maximum atomic E-state index is 13.3. The Morgan fingerprint density at radius 2 is 2.00 bits per heavy atom. The van der Waals surface area contributed by atoms with Gasteiger partial charge in [0.25, 0.3) is 5.56 Å². The average molecular weight is 475 g/mol. The third kappa shape index (κ3) is 5.75. The summed E-state index contributed by atoms with van der Waals surface area (Å²) >= 11 is -1.33. The maximum Gasteiger partial charge on any atom is 0.297 e. The van der Waals surface area contributed by atoms with E-state index in [1.807, 2.05) is 18.2 Å². The van der Waals surface area contributed by atoms with Gasteiger partial charge < -0.3 is 29.9 Å². The lowest BCUT2D eigenvalue weighted by Crippen LogP contribution is -2.48. The average Bonchev–Trinajstić information content (AvgIpc) is 2.83. The first kappa shape index (κ1) is 25.2. The van der Waals surface area contributed by atoms with Crippen LogP contribution in [-0.4, -0.2) is 75.8 Å². The molecule has 3 N–H and O–H groups in total. The predicted molar refractivity (Wildman–Crippen MR) is 133 cm³/mol. The SMILES string of the molecule is CCCC(=N)c1[nH]c(-c2cc([S+]([O-])N3CCN(CC)CC3)ccc2OCC)nc(=O)c1NC. The Labute approximate surface area is 198 Å². The van der Waals surface area contributed by atoms with Gasteiger partial charge in [0.2, 0.25) is 0 Å². The summed E-state index contributed by atoms with van der Waals surface area (Å²) in [5, 5.41) is 11.3. The van der Waals surface area contributed by atoms with E-state index in [-0.39, 0.29) is 5.69 Å². The number of benzene rings is 1. The van der Waals surface area contributed by atoms with Crippen LogP contribution in [0.25, 0.3) is 11.4 Å². The first-order valence-corrected chi connectivity index (χ1v) is 12.6. The van der Waals surface area contributed by atoms with Crippen LogP contribution in [0.2, 0.25) is 0 Å². The fourth-order valence-electron chi connectivity index (χ4n) is 3.88. The molecule has 1 atom stereocenters. The molecule has 0 aliphatic carbocycles. The number of aromatic amines is 1. The van der Waals surface area contributed by atoms with Gasteiger partial charge in [0.05, 0.1) is 48.0 Å². The smallest absolute Gasteiger partial charge is 0.297 e. The Hall–Kier alpha value is -2.40. The largest absolute Gasteiger partial charge is 0.593 e. The third-order valence-corrected chi connectivity index (χ3v) is 7.18. The summed E-state index contributed by atoms with van der Waals surface area (Å²) in [6.07, 6.45) is 1.31. The summed E-state index contributed by atoms with van der Waals surface area (Å²) in [7, 11) is 1.64. The van der Waals surface area contributed by atoms with E-state index in [4.69, 9.17) is 10.1 Å². The topological polar surface area (TPSA) is 120 Å². The molecular formula is C23H34N6O3S. The molecule has 1 fully saturated rings. The van der Waals surface area contributed by atoms with Crippen molar-refractivity contribution in [3.05, 3.63) is 34.2 Å². The van der Waals surface area contributed by atoms with Gasteiger partial charge in [-0.1, -0.05) is 20.3 Å². The van der Waals surface area contributed by atoms with E-state index in [0.717, 1.165) is 39.1 Å². The molecule has 1 aliphatic rings. The highest BCUT2D eigenvalue weighted by molar-refractivity contribution is 7.89. The van der Waals surface area contributed by atoms with Gasteiger partial charge in [-0.25, -0.2) is 0 Å². The fraction of sp³-hybridized carbons (Fsp3) is 0.522. The summed E-state index contributed by atoms with van der Waals surface area (Å²) in [4.78, 5) is 23.1. The van der Waals surface area contributed by atoms with Crippen LogP contribution < -0.4 is 15.6 Å². The lowest BCUT2D eigenvalue weighted by Gasteiger charge is -2.33. The van der Waals surface area contributed by atoms with Crippen molar-refractivity contribution in [3.63, 3.8) is 0 Å². The fourth-order valence-corrected chi connectivity index (χ4v) is 5.08. The minimum atomic E-state index is -1.33. The number of rotatable bonds is 10. The van der Waals surface area contributed by atoms with Crippen LogP contribution in [0.1, 0.15) is 39.3 Å². The van der Waals surface area contributed by atoms with Gasteiger partial charge >= 0.3 is 0 Å². The summed E-state index contributed by atoms with van der Waals surface area (Å²) in [5.41, 5.74) is 1.11. The Kier molecular flexibility index (Phi) is 8.90. The van der Waals surface area contributed by atoms with Crippen molar-refractivity contribution in [2.24, 2.45) is 0 Å². The summed E-state index contributed by atoms with van der Waals surface area (Å²) in [6, 6.07) is 5.35. The van der Waals surface area contributed by atoms with Crippen LogP contribution in [0.3, 0.4) is 0 Å². The second-order valence-electron chi connectivity index (χ2n) is 7.82. The highest BCUT2D eigenvalue weighted by Gasteiger charge is 2.28. The minimum Gasteiger partial charge on any atom is -0.593 e. The molecule has 0 saturated carbocycles. The van der Waals surface area contributed by atoms with E-state index < -0.39 is 16.9 Å². The quantitative estimate of drug-likeness (QED) is 0.358. The molecule has 0 radical (unpaired) electrons. The zero-order chi connectivity index (χ0) is 24.0. The van der Waals surface area contributed by atoms with E-state index in [9.17, 15) is 9.35 Å². The molecule has 2 heterocycles. The number of nitrogens with zero attached hydrogens (tertiary/aromatic N) is 3. The second kappa shape index (κ2) is 11.6. The van der Waals surface area contributed by atoms with Crippen molar-refractivity contribution >= 4 is 22.8 Å². The van der Waals surface area contributed by atoms with Gasteiger partial charge in [0.15, 0.2) is 4.90 Å². The molecule has 1 saturated heterocycles. The van der Waals surface area contributed by atoms with Crippen LogP contribution >= 0.6 is 0 Å². The summed E-state index contributed by atoms with van der Waals surface area (Å²) < 4.78 is 21.1. The van der Waals surface area contributed by atoms with E-state index in [2.05, 4.69) is 27.1 Å². The molecule has 0 bridgehead atoms. The normalized spacial score (nSPS) is 15.9. The molecule has 3 rings (SSSR count). The van der Waals surface area contributed by atoms with E-state index in [1.54, 1.807) is 25.2 Å². The molecule has 9 nitrogen and oxygen atoms in total. The molecule has 2 aromatic rings. The Morgan fingerprint density at radius 1 is 1.27 bits per heavy atom. The first-order chi connectivity index (χ1) is 15.9. The molecule has 0 spiro atoms. The Morgan fingerprint density at radius 3 is 2.61 bits per heavy atom. The Bertz CT molecular complexity index is 1020.